The Morgan fingerprint density at radius 1 is 1.28 bits per heavy atom. The number of halogens is 2. The van der Waals surface area contributed by atoms with Crippen LogP contribution in [0.4, 0.5) is 0 Å². The third-order valence-electron chi connectivity index (χ3n) is 2.81. The molecule has 18 heavy (non-hydrogen) atoms. The molecular formula is C11H14Cl2N2O2S. The van der Waals surface area contributed by atoms with E-state index in [9.17, 15) is 8.42 Å². The lowest BCUT2D eigenvalue weighted by Crippen LogP contribution is -2.51. The summed E-state index contributed by atoms with van der Waals surface area (Å²) in [5.74, 6) is 0. The van der Waals surface area contributed by atoms with E-state index in [0.717, 1.165) is 0 Å². The highest BCUT2D eigenvalue weighted by atomic mass is 35.5. The van der Waals surface area contributed by atoms with Crippen molar-refractivity contribution in [2.45, 2.75) is 17.9 Å². The minimum Gasteiger partial charge on any atom is -0.312 e. The van der Waals surface area contributed by atoms with Gasteiger partial charge in [-0.3, -0.25) is 0 Å². The topological polar surface area (TPSA) is 49.4 Å². The first-order valence-electron chi connectivity index (χ1n) is 5.59. The van der Waals surface area contributed by atoms with Crippen LogP contribution in [0.3, 0.4) is 0 Å². The van der Waals surface area contributed by atoms with Gasteiger partial charge in [-0.1, -0.05) is 23.2 Å². The van der Waals surface area contributed by atoms with Crippen LogP contribution in [0.1, 0.15) is 6.92 Å². The SMILES string of the molecule is C[C@@H]1CN(S(=O)(=O)c2cc(Cl)cc(Cl)c2)CCN1. The molecule has 0 spiro atoms. The van der Waals surface area contributed by atoms with E-state index in [1.54, 1.807) is 0 Å². The minimum atomic E-state index is -3.52. The van der Waals surface area contributed by atoms with Gasteiger partial charge in [-0.2, -0.15) is 4.31 Å². The molecule has 1 aromatic carbocycles. The summed E-state index contributed by atoms with van der Waals surface area (Å²) < 4.78 is 26.3. The highest BCUT2D eigenvalue weighted by molar-refractivity contribution is 7.89. The van der Waals surface area contributed by atoms with E-state index < -0.39 is 10.0 Å². The van der Waals surface area contributed by atoms with E-state index in [-0.39, 0.29) is 10.9 Å². The largest absolute Gasteiger partial charge is 0.312 e. The molecule has 1 heterocycles. The molecule has 0 radical (unpaired) electrons. The Kier molecular flexibility index (Phi) is 4.18. The maximum atomic E-state index is 12.4. The zero-order valence-corrected chi connectivity index (χ0v) is 12.2. The van der Waals surface area contributed by atoms with E-state index >= 15 is 0 Å². The van der Waals surface area contributed by atoms with Gasteiger partial charge in [0, 0.05) is 35.7 Å². The molecule has 1 fully saturated rings. The fraction of sp³-hybridized carbons (Fsp3) is 0.455. The number of nitrogens with zero attached hydrogens (tertiary/aromatic N) is 1. The van der Waals surface area contributed by atoms with E-state index in [1.807, 2.05) is 6.92 Å². The molecule has 0 bridgehead atoms. The molecule has 1 aliphatic heterocycles. The summed E-state index contributed by atoms with van der Waals surface area (Å²) in [6.45, 7) is 3.50. The van der Waals surface area contributed by atoms with E-state index in [0.29, 0.717) is 29.7 Å². The molecule has 7 heteroatoms. The second-order valence-electron chi connectivity index (χ2n) is 4.32. The summed E-state index contributed by atoms with van der Waals surface area (Å²) in [6, 6.07) is 4.51. The predicted molar refractivity (Wildman–Crippen MR) is 72.7 cm³/mol. The Hall–Kier alpha value is -0.330. The number of sulfonamides is 1. The van der Waals surface area contributed by atoms with Gasteiger partial charge in [0.2, 0.25) is 10.0 Å². The van der Waals surface area contributed by atoms with Crippen molar-refractivity contribution in [2.75, 3.05) is 19.6 Å². The summed E-state index contributed by atoms with van der Waals surface area (Å²) in [6.07, 6.45) is 0. The lowest BCUT2D eigenvalue weighted by molar-refractivity contribution is 0.310. The number of piperazine rings is 1. The van der Waals surface area contributed by atoms with Crippen molar-refractivity contribution >= 4 is 33.2 Å². The van der Waals surface area contributed by atoms with Crippen molar-refractivity contribution in [3.63, 3.8) is 0 Å². The van der Waals surface area contributed by atoms with Gasteiger partial charge < -0.3 is 5.32 Å². The standard InChI is InChI=1S/C11H14Cl2N2O2S/c1-8-7-15(3-2-14-8)18(16,17)11-5-9(12)4-10(13)6-11/h4-6,8,14H,2-3,7H2,1H3/t8-/m1/s1. The maximum Gasteiger partial charge on any atom is 0.243 e. The summed E-state index contributed by atoms with van der Waals surface area (Å²) in [4.78, 5) is 0.147. The lowest BCUT2D eigenvalue weighted by atomic mass is 10.3. The first-order valence-corrected chi connectivity index (χ1v) is 7.79. The third-order valence-corrected chi connectivity index (χ3v) is 5.08. The molecule has 1 saturated heterocycles. The van der Waals surface area contributed by atoms with Crippen LogP contribution in [0.15, 0.2) is 23.1 Å². The smallest absolute Gasteiger partial charge is 0.243 e. The second kappa shape index (κ2) is 5.35. The Bertz CT molecular complexity index is 528. The van der Waals surface area contributed by atoms with Gasteiger partial charge in [-0.25, -0.2) is 8.42 Å². The van der Waals surface area contributed by atoms with Crippen molar-refractivity contribution in [3.05, 3.63) is 28.2 Å². The van der Waals surface area contributed by atoms with Crippen LogP contribution in [0.2, 0.25) is 10.0 Å². The van der Waals surface area contributed by atoms with Crippen LogP contribution in [-0.2, 0) is 10.0 Å². The first-order chi connectivity index (χ1) is 8.39. The molecular weight excluding hydrogens is 295 g/mol. The molecule has 1 aromatic rings. The minimum absolute atomic E-state index is 0.142. The monoisotopic (exact) mass is 308 g/mol. The van der Waals surface area contributed by atoms with Gasteiger partial charge in [0.25, 0.3) is 0 Å². The Morgan fingerprint density at radius 3 is 2.44 bits per heavy atom. The second-order valence-corrected chi connectivity index (χ2v) is 7.13. The predicted octanol–water partition coefficient (Wildman–Crippen LogP) is 1.98. The average molecular weight is 309 g/mol. The Labute approximate surface area is 117 Å². The van der Waals surface area contributed by atoms with Crippen LogP contribution in [0.5, 0.6) is 0 Å². The molecule has 4 nitrogen and oxygen atoms in total. The molecule has 0 aromatic heterocycles. The maximum absolute atomic E-state index is 12.4. The summed E-state index contributed by atoms with van der Waals surface area (Å²) in [7, 11) is -3.52. The molecule has 1 N–H and O–H groups in total. The third kappa shape index (κ3) is 2.97. The number of benzene rings is 1. The molecule has 100 valence electrons. The summed E-state index contributed by atoms with van der Waals surface area (Å²) in [5.41, 5.74) is 0. The van der Waals surface area contributed by atoms with Crippen LogP contribution < -0.4 is 5.32 Å². The van der Waals surface area contributed by atoms with Crippen LogP contribution in [-0.4, -0.2) is 38.4 Å². The van der Waals surface area contributed by atoms with Gasteiger partial charge in [0.05, 0.1) is 4.90 Å². The fourth-order valence-electron chi connectivity index (χ4n) is 1.94. The first kappa shape index (κ1) is 14.1. The highest BCUT2D eigenvalue weighted by Crippen LogP contribution is 2.25. The molecule has 0 saturated carbocycles. The Morgan fingerprint density at radius 2 is 1.89 bits per heavy atom. The zero-order valence-electron chi connectivity index (χ0n) is 9.86. The number of rotatable bonds is 2. The van der Waals surface area contributed by atoms with Gasteiger partial charge in [-0.05, 0) is 25.1 Å². The van der Waals surface area contributed by atoms with E-state index in [1.165, 1.54) is 22.5 Å². The highest BCUT2D eigenvalue weighted by Gasteiger charge is 2.28. The van der Waals surface area contributed by atoms with E-state index in [4.69, 9.17) is 23.2 Å². The molecule has 0 unspecified atom stereocenters. The quantitative estimate of drug-likeness (QED) is 0.909. The molecule has 1 aliphatic rings. The van der Waals surface area contributed by atoms with Crippen molar-refractivity contribution in [1.82, 2.24) is 9.62 Å². The molecule has 0 amide bonds. The number of hydrogen-bond donors (Lipinski definition) is 1. The van der Waals surface area contributed by atoms with Gasteiger partial charge >= 0.3 is 0 Å². The lowest BCUT2D eigenvalue weighted by Gasteiger charge is -2.31. The van der Waals surface area contributed by atoms with Crippen molar-refractivity contribution in [3.8, 4) is 0 Å². The van der Waals surface area contributed by atoms with Gasteiger partial charge in [-0.15, -0.1) is 0 Å². The average Bonchev–Trinajstić information content (AvgIpc) is 2.27. The summed E-state index contributed by atoms with van der Waals surface area (Å²) >= 11 is 11.7. The van der Waals surface area contributed by atoms with Crippen molar-refractivity contribution in [1.29, 1.82) is 0 Å². The van der Waals surface area contributed by atoms with Crippen molar-refractivity contribution < 1.29 is 8.42 Å². The summed E-state index contributed by atoms with van der Waals surface area (Å²) in [5, 5.41) is 3.85. The molecule has 1 atom stereocenters. The van der Waals surface area contributed by atoms with Crippen molar-refractivity contribution in [2.24, 2.45) is 0 Å². The normalized spacial score (nSPS) is 22.1. The fourth-order valence-corrected chi connectivity index (χ4v) is 4.20. The van der Waals surface area contributed by atoms with Crippen LogP contribution >= 0.6 is 23.2 Å². The molecule has 0 aliphatic carbocycles. The van der Waals surface area contributed by atoms with Crippen LogP contribution in [0, 0.1) is 0 Å². The number of nitrogens with one attached hydrogen (secondary N) is 1. The van der Waals surface area contributed by atoms with Crippen LogP contribution in [0.25, 0.3) is 0 Å². The van der Waals surface area contributed by atoms with Gasteiger partial charge in [0.1, 0.15) is 0 Å². The van der Waals surface area contributed by atoms with E-state index in [2.05, 4.69) is 5.32 Å². The van der Waals surface area contributed by atoms with Gasteiger partial charge in [0.15, 0.2) is 0 Å². The zero-order chi connectivity index (χ0) is 13.3. The number of hydrogen-bond acceptors (Lipinski definition) is 3. The Balaban J connectivity index is 2.35. The molecule has 2 rings (SSSR count).